The van der Waals surface area contributed by atoms with Crippen molar-refractivity contribution in [2.45, 2.75) is 52.4 Å². The Labute approximate surface area is 88.0 Å². The molecule has 0 aromatic rings. The minimum Gasteiger partial charge on any atom is -0.300 e. The summed E-state index contributed by atoms with van der Waals surface area (Å²) < 4.78 is 0. The van der Waals surface area contributed by atoms with Crippen LogP contribution in [0.1, 0.15) is 52.4 Å². The van der Waals surface area contributed by atoms with Gasteiger partial charge < -0.3 is 0 Å². The lowest BCUT2D eigenvalue weighted by molar-refractivity contribution is -0.119. The van der Waals surface area contributed by atoms with Crippen LogP contribution in [-0.4, -0.2) is 5.78 Å². The van der Waals surface area contributed by atoms with Crippen molar-refractivity contribution < 1.29 is 4.79 Å². The summed E-state index contributed by atoms with van der Waals surface area (Å²) in [5.74, 6) is 0.418. The van der Waals surface area contributed by atoms with Crippen LogP contribution in [-0.2, 0) is 4.79 Å². The highest BCUT2D eigenvalue weighted by molar-refractivity contribution is 5.85. The Morgan fingerprint density at radius 3 is 2.46 bits per heavy atom. The Balaban J connectivity index is 0. The Bertz CT molecular complexity index is 141. The van der Waals surface area contributed by atoms with Crippen LogP contribution in [0.5, 0.6) is 0 Å². The SMILES string of the molecule is CC=CCCC(=O)CCCCC.Cl. The molecule has 0 aliphatic carbocycles. The van der Waals surface area contributed by atoms with Crippen molar-refractivity contribution in [3.63, 3.8) is 0 Å². The molecule has 0 atom stereocenters. The number of rotatable bonds is 7. The molecule has 0 aromatic heterocycles. The number of ketones is 1. The van der Waals surface area contributed by atoms with Crippen molar-refractivity contribution in [1.29, 1.82) is 0 Å². The maximum atomic E-state index is 11.2. The molecule has 0 aromatic carbocycles. The first-order valence-corrected chi connectivity index (χ1v) is 4.94. The van der Waals surface area contributed by atoms with Gasteiger partial charge in [-0.1, -0.05) is 31.9 Å². The van der Waals surface area contributed by atoms with Crippen molar-refractivity contribution in [3.8, 4) is 0 Å². The first kappa shape index (κ1) is 15.2. The average molecular weight is 205 g/mol. The van der Waals surface area contributed by atoms with Gasteiger partial charge in [0, 0.05) is 12.8 Å². The Hall–Kier alpha value is -0.300. The van der Waals surface area contributed by atoms with E-state index in [0.29, 0.717) is 5.78 Å². The van der Waals surface area contributed by atoms with Crippen LogP contribution in [0.15, 0.2) is 12.2 Å². The van der Waals surface area contributed by atoms with E-state index in [4.69, 9.17) is 0 Å². The van der Waals surface area contributed by atoms with Crippen LogP contribution in [0, 0.1) is 0 Å². The zero-order valence-corrected chi connectivity index (χ0v) is 9.53. The van der Waals surface area contributed by atoms with Gasteiger partial charge in [0.1, 0.15) is 5.78 Å². The largest absolute Gasteiger partial charge is 0.300 e. The molecule has 78 valence electrons. The van der Waals surface area contributed by atoms with Gasteiger partial charge in [-0.3, -0.25) is 4.79 Å². The van der Waals surface area contributed by atoms with Gasteiger partial charge in [0.2, 0.25) is 0 Å². The predicted octanol–water partition coefficient (Wildman–Crippen LogP) is 3.91. The predicted molar refractivity (Wildman–Crippen MR) is 60.4 cm³/mol. The molecular formula is C11H21ClO. The van der Waals surface area contributed by atoms with E-state index in [9.17, 15) is 4.79 Å². The van der Waals surface area contributed by atoms with Crippen LogP contribution >= 0.6 is 12.4 Å². The summed E-state index contributed by atoms with van der Waals surface area (Å²) in [7, 11) is 0. The molecule has 0 amide bonds. The number of halogens is 1. The van der Waals surface area contributed by atoms with Gasteiger partial charge in [0.15, 0.2) is 0 Å². The molecule has 0 saturated carbocycles. The molecule has 0 aliphatic heterocycles. The topological polar surface area (TPSA) is 17.1 Å². The summed E-state index contributed by atoms with van der Waals surface area (Å²) in [4.78, 5) is 11.2. The van der Waals surface area contributed by atoms with Gasteiger partial charge in [-0.05, 0) is 19.8 Å². The number of carbonyl (C=O) groups excluding carboxylic acids is 1. The fraction of sp³-hybridized carbons (Fsp3) is 0.727. The van der Waals surface area contributed by atoms with E-state index < -0.39 is 0 Å². The van der Waals surface area contributed by atoms with E-state index in [0.717, 1.165) is 25.7 Å². The Morgan fingerprint density at radius 1 is 1.23 bits per heavy atom. The molecule has 1 nitrogen and oxygen atoms in total. The molecular weight excluding hydrogens is 184 g/mol. The lowest BCUT2D eigenvalue weighted by atomic mass is 10.1. The first-order valence-electron chi connectivity index (χ1n) is 4.94. The number of unbranched alkanes of at least 4 members (excludes halogenated alkanes) is 2. The summed E-state index contributed by atoms with van der Waals surface area (Å²) >= 11 is 0. The smallest absolute Gasteiger partial charge is 0.133 e. The molecule has 0 spiro atoms. The number of carbonyl (C=O) groups is 1. The van der Waals surface area contributed by atoms with Gasteiger partial charge in [-0.2, -0.15) is 0 Å². The first-order chi connectivity index (χ1) is 5.81. The molecule has 13 heavy (non-hydrogen) atoms. The molecule has 0 unspecified atom stereocenters. The van der Waals surface area contributed by atoms with E-state index in [1.165, 1.54) is 12.8 Å². The van der Waals surface area contributed by atoms with Gasteiger partial charge in [0.05, 0.1) is 0 Å². The van der Waals surface area contributed by atoms with E-state index in [-0.39, 0.29) is 12.4 Å². The monoisotopic (exact) mass is 204 g/mol. The summed E-state index contributed by atoms with van der Waals surface area (Å²) in [5, 5.41) is 0. The van der Waals surface area contributed by atoms with Crippen molar-refractivity contribution in [1.82, 2.24) is 0 Å². The molecule has 0 saturated heterocycles. The fourth-order valence-electron chi connectivity index (χ4n) is 1.11. The van der Waals surface area contributed by atoms with E-state index >= 15 is 0 Å². The second-order valence-electron chi connectivity index (χ2n) is 3.10. The second-order valence-corrected chi connectivity index (χ2v) is 3.10. The highest BCUT2D eigenvalue weighted by Gasteiger charge is 1.98. The van der Waals surface area contributed by atoms with E-state index in [1.54, 1.807) is 0 Å². The molecule has 0 fully saturated rings. The molecule has 0 rings (SSSR count). The summed E-state index contributed by atoms with van der Waals surface area (Å²) in [6.07, 6.45) is 9.95. The maximum Gasteiger partial charge on any atom is 0.133 e. The molecule has 0 radical (unpaired) electrons. The third kappa shape index (κ3) is 11.7. The van der Waals surface area contributed by atoms with Crippen LogP contribution in [0.4, 0.5) is 0 Å². The highest BCUT2D eigenvalue weighted by Crippen LogP contribution is 2.03. The number of Topliss-reactive ketones (excluding diaryl/α,β-unsaturated/α-hetero) is 1. The van der Waals surface area contributed by atoms with Crippen LogP contribution in [0.3, 0.4) is 0 Å². The average Bonchev–Trinajstić information content (AvgIpc) is 2.06. The van der Waals surface area contributed by atoms with Crippen molar-refractivity contribution in [2.75, 3.05) is 0 Å². The van der Waals surface area contributed by atoms with Gasteiger partial charge in [-0.25, -0.2) is 0 Å². The Kier molecular flexibility index (Phi) is 13.7. The van der Waals surface area contributed by atoms with E-state index in [2.05, 4.69) is 13.0 Å². The minimum absolute atomic E-state index is 0. The Morgan fingerprint density at radius 2 is 1.92 bits per heavy atom. The van der Waals surface area contributed by atoms with Crippen LogP contribution in [0.25, 0.3) is 0 Å². The zero-order chi connectivity index (χ0) is 9.23. The van der Waals surface area contributed by atoms with Crippen molar-refractivity contribution in [3.05, 3.63) is 12.2 Å². The maximum absolute atomic E-state index is 11.2. The zero-order valence-electron chi connectivity index (χ0n) is 8.71. The third-order valence-corrected chi connectivity index (χ3v) is 1.88. The third-order valence-electron chi connectivity index (χ3n) is 1.88. The van der Waals surface area contributed by atoms with Gasteiger partial charge in [0.25, 0.3) is 0 Å². The molecule has 0 bridgehead atoms. The van der Waals surface area contributed by atoms with E-state index in [1.807, 2.05) is 13.0 Å². The summed E-state index contributed by atoms with van der Waals surface area (Å²) in [6.45, 7) is 4.14. The lowest BCUT2D eigenvalue weighted by Gasteiger charge is -1.96. The van der Waals surface area contributed by atoms with Gasteiger partial charge >= 0.3 is 0 Å². The quantitative estimate of drug-likeness (QED) is 0.454. The summed E-state index contributed by atoms with van der Waals surface area (Å²) in [5.41, 5.74) is 0. The highest BCUT2D eigenvalue weighted by atomic mass is 35.5. The normalized spacial score (nSPS) is 10.0. The number of hydrogen-bond acceptors (Lipinski definition) is 1. The standard InChI is InChI=1S/C11H20O.ClH/c1-3-5-7-9-11(12)10-8-6-4-2;/h3,5H,4,6-10H2,1-2H3;1H. The van der Waals surface area contributed by atoms with Crippen LogP contribution < -0.4 is 0 Å². The fourth-order valence-corrected chi connectivity index (χ4v) is 1.11. The second kappa shape index (κ2) is 11.7. The van der Waals surface area contributed by atoms with Crippen molar-refractivity contribution in [2.24, 2.45) is 0 Å². The molecule has 2 heteroatoms. The number of allylic oxidation sites excluding steroid dienone is 2. The van der Waals surface area contributed by atoms with Gasteiger partial charge in [-0.15, -0.1) is 12.4 Å². The van der Waals surface area contributed by atoms with Crippen LogP contribution in [0.2, 0.25) is 0 Å². The number of hydrogen-bond donors (Lipinski definition) is 0. The molecule has 0 heterocycles. The molecule has 0 N–H and O–H groups in total. The molecule has 0 aliphatic rings. The summed E-state index contributed by atoms with van der Waals surface area (Å²) in [6, 6.07) is 0. The lowest BCUT2D eigenvalue weighted by Crippen LogP contribution is -1.96. The minimum atomic E-state index is 0. The van der Waals surface area contributed by atoms with Crippen molar-refractivity contribution >= 4 is 18.2 Å².